The molecule has 5 nitrogen and oxygen atoms in total. The molecule has 0 fully saturated rings. The van der Waals surface area contributed by atoms with Crippen molar-refractivity contribution in [3.05, 3.63) is 78.0 Å². The van der Waals surface area contributed by atoms with Crippen LogP contribution in [0.2, 0.25) is 0 Å². The first-order chi connectivity index (χ1) is 13.1. The lowest BCUT2D eigenvalue weighted by atomic mass is 10.2. The molecule has 136 valence electrons. The number of anilines is 1. The molecule has 0 saturated heterocycles. The van der Waals surface area contributed by atoms with Gasteiger partial charge in [-0.2, -0.15) is 0 Å². The minimum atomic E-state index is -0.392. The van der Waals surface area contributed by atoms with Crippen molar-refractivity contribution in [3.8, 4) is 5.75 Å². The quantitative estimate of drug-likeness (QED) is 0.493. The third-order valence-electron chi connectivity index (χ3n) is 4.04. The van der Waals surface area contributed by atoms with Gasteiger partial charge in [-0.1, -0.05) is 11.3 Å². The normalized spacial score (nSPS) is 10.9. The first-order valence-electron chi connectivity index (χ1n) is 8.18. The zero-order valence-electron chi connectivity index (χ0n) is 14.4. The summed E-state index contributed by atoms with van der Waals surface area (Å²) in [5.74, 6) is 0.651. The predicted molar refractivity (Wildman–Crippen MR) is 102 cm³/mol. The number of aromatic nitrogens is 1. The summed E-state index contributed by atoms with van der Waals surface area (Å²) in [4.78, 5) is 19.2. The highest BCUT2D eigenvalue weighted by atomic mass is 32.1. The molecule has 1 amide bonds. The molecule has 2 heterocycles. The number of hydrogen-bond donors (Lipinski definition) is 0. The van der Waals surface area contributed by atoms with Gasteiger partial charge in [0.15, 0.2) is 5.13 Å². The predicted octanol–water partition coefficient (Wildman–Crippen LogP) is 4.88. The fourth-order valence-corrected chi connectivity index (χ4v) is 3.61. The number of halogens is 1. The van der Waals surface area contributed by atoms with Crippen LogP contribution in [0.1, 0.15) is 16.1 Å². The van der Waals surface area contributed by atoms with Gasteiger partial charge in [-0.05, 0) is 48.5 Å². The number of carbonyl (C=O) groups is 1. The topological polar surface area (TPSA) is 55.6 Å². The first-order valence-corrected chi connectivity index (χ1v) is 9.00. The van der Waals surface area contributed by atoms with E-state index < -0.39 is 5.82 Å². The van der Waals surface area contributed by atoms with Crippen LogP contribution in [0, 0.1) is 5.82 Å². The van der Waals surface area contributed by atoms with E-state index in [9.17, 15) is 9.18 Å². The van der Waals surface area contributed by atoms with E-state index in [1.54, 1.807) is 25.5 Å². The summed E-state index contributed by atoms with van der Waals surface area (Å²) in [6.45, 7) is 0.222. The van der Waals surface area contributed by atoms with E-state index in [4.69, 9.17) is 9.15 Å². The Morgan fingerprint density at radius 3 is 2.74 bits per heavy atom. The smallest absolute Gasteiger partial charge is 0.260 e. The summed E-state index contributed by atoms with van der Waals surface area (Å²) < 4.78 is 24.8. The Hall–Kier alpha value is -3.19. The van der Waals surface area contributed by atoms with Gasteiger partial charge in [0.1, 0.15) is 17.3 Å². The molecule has 27 heavy (non-hydrogen) atoms. The molecule has 0 radical (unpaired) electrons. The van der Waals surface area contributed by atoms with Crippen LogP contribution < -0.4 is 9.64 Å². The number of hydrogen-bond acceptors (Lipinski definition) is 5. The first kappa shape index (κ1) is 17.2. The second-order valence-electron chi connectivity index (χ2n) is 5.81. The van der Waals surface area contributed by atoms with Crippen molar-refractivity contribution in [1.29, 1.82) is 0 Å². The lowest BCUT2D eigenvalue weighted by Crippen LogP contribution is -2.30. The number of amides is 1. The summed E-state index contributed by atoms with van der Waals surface area (Å²) >= 11 is 1.40. The number of benzene rings is 2. The number of fused-ring (bicyclic) bond motifs is 1. The summed E-state index contributed by atoms with van der Waals surface area (Å²) in [6.07, 6.45) is 1.55. The Balaban J connectivity index is 1.75. The number of nitrogens with zero attached hydrogens (tertiary/aromatic N) is 2. The maximum atomic E-state index is 13.2. The molecule has 0 bridgehead atoms. The summed E-state index contributed by atoms with van der Waals surface area (Å²) in [5, 5.41) is 0.531. The zero-order valence-corrected chi connectivity index (χ0v) is 15.2. The monoisotopic (exact) mass is 382 g/mol. The maximum Gasteiger partial charge on any atom is 0.260 e. The molecular formula is C20H15FN2O3S. The third-order valence-corrected chi connectivity index (χ3v) is 5.10. The largest absolute Gasteiger partial charge is 0.497 e. The molecule has 0 unspecified atom stereocenters. The molecule has 0 aliphatic carbocycles. The second kappa shape index (κ2) is 7.20. The van der Waals surface area contributed by atoms with Crippen LogP contribution in [-0.2, 0) is 6.54 Å². The Labute approximate surface area is 158 Å². The van der Waals surface area contributed by atoms with Gasteiger partial charge in [-0.3, -0.25) is 9.69 Å². The molecule has 0 aliphatic rings. The number of furan rings is 1. The lowest BCUT2D eigenvalue weighted by Gasteiger charge is -2.18. The van der Waals surface area contributed by atoms with Crippen LogP contribution >= 0.6 is 11.3 Å². The van der Waals surface area contributed by atoms with E-state index >= 15 is 0 Å². The summed E-state index contributed by atoms with van der Waals surface area (Å²) in [5.41, 5.74) is 1.12. The third kappa shape index (κ3) is 3.54. The van der Waals surface area contributed by atoms with E-state index in [0.717, 1.165) is 10.2 Å². The van der Waals surface area contributed by atoms with Crippen LogP contribution in [0.3, 0.4) is 0 Å². The Kier molecular flexibility index (Phi) is 4.60. The molecule has 7 heteroatoms. The molecule has 2 aromatic carbocycles. The minimum absolute atomic E-state index is 0.222. The van der Waals surface area contributed by atoms with Crippen molar-refractivity contribution in [2.24, 2.45) is 0 Å². The molecule has 0 spiro atoms. The van der Waals surface area contributed by atoms with Crippen LogP contribution in [0.5, 0.6) is 5.75 Å². The average molecular weight is 382 g/mol. The highest BCUT2D eigenvalue weighted by molar-refractivity contribution is 7.22. The van der Waals surface area contributed by atoms with Gasteiger partial charge in [0.2, 0.25) is 0 Å². The van der Waals surface area contributed by atoms with Crippen molar-refractivity contribution >= 4 is 32.6 Å². The zero-order chi connectivity index (χ0) is 18.8. The van der Waals surface area contributed by atoms with Gasteiger partial charge in [0.05, 0.1) is 30.1 Å². The van der Waals surface area contributed by atoms with Gasteiger partial charge in [0, 0.05) is 11.6 Å². The molecular weight excluding hydrogens is 367 g/mol. The summed E-state index contributed by atoms with van der Waals surface area (Å²) in [6, 6.07) is 14.6. The maximum absolute atomic E-state index is 13.2. The van der Waals surface area contributed by atoms with Crippen molar-refractivity contribution in [1.82, 2.24) is 4.98 Å². The number of ether oxygens (including phenoxy) is 1. The highest BCUT2D eigenvalue weighted by Gasteiger charge is 2.23. The van der Waals surface area contributed by atoms with Crippen molar-refractivity contribution in [3.63, 3.8) is 0 Å². The van der Waals surface area contributed by atoms with Crippen LogP contribution in [-0.4, -0.2) is 18.0 Å². The Bertz CT molecular complexity index is 1070. The molecule has 0 aliphatic heterocycles. The Morgan fingerprint density at radius 1 is 1.22 bits per heavy atom. The van der Waals surface area contributed by atoms with Crippen molar-refractivity contribution < 1.29 is 18.3 Å². The SMILES string of the molecule is COc1ccc2sc(N(Cc3ccco3)C(=O)c3ccc(F)cc3)nc2c1. The van der Waals surface area contributed by atoms with Crippen LogP contribution in [0.4, 0.5) is 9.52 Å². The molecule has 0 N–H and O–H groups in total. The highest BCUT2D eigenvalue weighted by Crippen LogP contribution is 2.32. The van der Waals surface area contributed by atoms with E-state index in [2.05, 4.69) is 4.98 Å². The van der Waals surface area contributed by atoms with Crippen molar-refractivity contribution in [2.75, 3.05) is 12.0 Å². The van der Waals surface area contributed by atoms with Gasteiger partial charge >= 0.3 is 0 Å². The van der Waals surface area contributed by atoms with E-state index in [-0.39, 0.29) is 12.5 Å². The minimum Gasteiger partial charge on any atom is -0.497 e. The molecule has 0 saturated carbocycles. The van der Waals surface area contributed by atoms with Gasteiger partial charge in [0.25, 0.3) is 5.91 Å². The standard InChI is InChI=1S/C20H15FN2O3S/c1-25-15-8-9-18-17(11-15)22-20(27-18)23(12-16-3-2-10-26-16)19(24)13-4-6-14(21)7-5-13/h2-11H,12H2,1H3. The van der Waals surface area contributed by atoms with Gasteiger partial charge in [-0.15, -0.1) is 0 Å². The van der Waals surface area contributed by atoms with Crippen LogP contribution in [0.25, 0.3) is 10.2 Å². The van der Waals surface area contributed by atoms with Gasteiger partial charge in [-0.25, -0.2) is 9.37 Å². The number of rotatable bonds is 5. The molecule has 2 aromatic heterocycles. The van der Waals surface area contributed by atoms with E-state index in [0.29, 0.717) is 22.2 Å². The van der Waals surface area contributed by atoms with E-state index in [1.165, 1.54) is 40.5 Å². The number of methoxy groups -OCH3 is 1. The lowest BCUT2D eigenvalue weighted by molar-refractivity contribution is 0.0983. The van der Waals surface area contributed by atoms with Crippen LogP contribution in [0.15, 0.2) is 65.3 Å². The number of carbonyl (C=O) groups excluding carboxylic acids is 1. The fourth-order valence-electron chi connectivity index (χ4n) is 2.67. The average Bonchev–Trinajstić information content (AvgIpc) is 3.34. The molecule has 4 aromatic rings. The molecule has 4 rings (SSSR count). The number of thiazole rings is 1. The fraction of sp³-hybridized carbons (Fsp3) is 0.100. The molecule has 0 atom stereocenters. The van der Waals surface area contributed by atoms with Crippen molar-refractivity contribution in [2.45, 2.75) is 6.54 Å². The Morgan fingerprint density at radius 2 is 2.04 bits per heavy atom. The summed E-state index contributed by atoms with van der Waals surface area (Å²) in [7, 11) is 1.59. The van der Waals surface area contributed by atoms with E-state index in [1.807, 2.05) is 18.2 Å². The van der Waals surface area contributed by atoms with Gasteiger partial charge < -0.3 is 9.15 Å². The second-order valence-corrected chi connectivity index (χ2v) is 6.82.